The number of H-pyrrole nitrogens is 1. The van der Waals surface area contributed by atoms with Gasteiger partial charge in [0.15, 0.2) is 5.16 Å². The number of hydrogen-bond donors (Lipinski definition) is 1. The Hall–Kier alpha value is -2.02. The van der Waals surface area contributed by atoms with E-state index in [0.29, 0.717) is 23.5 Å². The third-order valence-electron chi connectivity index (χ3n) is 5.19. The third kappa shape index (κ3) is 5.25. The van der Waals surface area contributed by atoms with E-state index >= 15 is 0 Å². The van der Waals surface area contributed by atoms with Gasteiger partial charge in [0.1, 0.15) is 0 Å². The van der Waals surface area contributed by atoms with Crippen molar-refractivity contribution in [3.63, 3.8) is 0 Å². The summed E-state index contributed by atoms with van der Waals surface area (Å²) in [6.07, 6.45) is 6.66. The van der Waals surface area contributed by atoms with Crippen molar-refractivity contribution in [2.45, 2.75) is 63.2 Å². The Bertz CT molecular complexity index is 781. The van der Waals surface area contributed by atoms with Gasteiger partial charge in [-0.2, -0.15) is 0 Å². The number of carbonyl (C=O) groups excluding carboxylic acids is 1. The molecule has 1 aromatic carbocycles. The molecule has 6 nitrogen and oxygen atoms in total. The zero-order chi connectivity index (χ0) is 19.1. The van der Waals surface area contributed by atoms with Crippen LogP contribution in [0.1, 0.15) is 44.6 Å². The van der Waals surface area contributed by atoms with E-state index < -0.39 is 0 Å². The van der Waals surface area contributed by atoms with Crippen LogP contribution in [0.25, 0.3) is 0 Å². The van der Waals surface area contributed by atoms with Crippen molar-refractivity contribution in [1.82, 2.24) is 19.7 Å². The topological polar surface area (TPSA) is 71.0 Å². The van der Waals surface area contributed by atoms with E-state index in [9.17, 15) is 9.59 Å². The lowest BCUT2D eigenvalue weighted by Crippen LogP contribution is -2.42. The molecule has 1 aliphatic carbocycles. The molecule has 1 aliphatic rings. The number of aromatic amines is 1. The lowest BCUT2D eigenvalue weighted by molar-refractivity contribution is -0.131. The summed E-state index contributed by atoms with van der Waals surface area (Å²) in [5.41, 5.74) is 0.951. The first kappa shape index (κ1) is 19.7. The number of rotatable bonds is 8. The molecule has 0 aliphatic heterocycles. The molecule has 0 atom stereocenters. The number of amides is 1. The van der Waals surface area contributed by atoms with Crippen LogP contribution in [0.5, 0.6) is 0 Å². The fraction of sp³-hybridized carbons (Fsp3) is 0.550. The molecule has 1 heterocycles. The smallest absolute Gasteiger partial charge is 0.339 e. The summed E-state index contributed by atoms with van der Waals surface area (Å²) in [5, 5.41) is 7.22. The molecule has 3 rings (SSSR count). The molecule has 7 heteroatoms. The molecule has 0 saturated heterocycles. The number of aromatic nitrogens is 3. The fourth-order valence-electron chi connectivity index (χ4n) is 3.74. The Morgan fingerprint density at radius 3 is 2.70 bits per heavy atom. The molecule has 1 fully saturated rings. The van der Waals surface area contributed by atoms with Crippen LogP contribution in [0.4, 0.5) is 0 Å². The summed E-state index contributed by atoms with van der Waals surface area (Å²) >= 11 is 1.35. The zero-order valence-electron chi connectivity index (χ0n) is 15.9. The van der Waals surface area contributed by atoms with Crippen molar-refractivity contribution < 1.29 is 4.79 Å². The van der Waals surface area contributed by atoms with Gasteiger partial charge in [0, 0.05) is 19.1 Å². The van der Waals surface area contributed by atoms with Crippen molar-refractivity contribution in [2.24, 2.45) is 0 Å². The van der Waals surface area contributed by atoms with Crippen molar-refractivity contribution in [2.75, 3.05) is 12.3 Å². The summed E-state index contributed by atoms with van der Waals surface area (Å²) in [6, 6.07) is 10.4. The fourth-order valence-corrected chi connectivity index (χ4v) is 4.59. The maximum atomic E-state index is 12.7. The SMILES string of the molecule is CCN(C(=O)CSc1n[nH]c(=O)n1CCc1ccccc1)C1CCCCC1. The first-order chi connectivity index (χ1) is 13.2. The maximum absolute atomic E-state index is 12.7. The minimum absolute atomic E-state index is 0.138. The van der Waals surface area contributed by atoms with Crippen molar-refractivity contribution in [1.29, 1.82) is 0 Å². The molecule has 0 spiro atoms. The predicted molar refractivity (Wildman–Crippen MR) is 108 cm³/mol. The van der Waals surface area contributed by atoms with Gasteiger partial charge in [0.05, 0.1) is 5.75 Å². The van der Waals surface area contributed by atoms with Crippen LogP contribution in [-0.4, -0.2) is 43.9 Å². The standard InChI is InChI=1S/C20H28N4O2S/c1-2-23(17-11-7-4-8-12-17)18(25)15-27-20-22-21-19(26)24(20)14-13-16-9-5-3-6-10-16/h3,5-6,9-10,17H,2,4,7-8,11-15H2,1H3,(H,21,26). The number of benzene rings is 1. The summed E-state index contributed by atoms with van der Waals surface area (Å²) in [5.74, 6) is 0.458. The number of nitrogens with zero attached hydrogens (tertiary/aromatic N) is 3. The van der Waals surface area contributed by atoms with E-state index in [1.807, 2.05) is 42.2 Å². The largest absolute Gasteiger partial charge is 0.343 e. The average molecular weight is 389 g/mol. The molecule has 146 valence electrons. The Morgan fingerprint density at radius 1 is 1.26 bits per heavy atom. The molecule has 2 aromatic rings. The Labute approximate surface area is 164 Å². The summed E-state index contributed by atoms with van der Waals surface area (Å²) in [6.45, 7) is 3.34. The van der Waals surface area contributed by atoms with Crippen LogP contribution in [0, 0.1) is 0 Å². The van der Waals surface area contributed by atoms with Crippen LogP contribution in [0.3, 0.4) is 0 Å². The van der Waals surface area contributed by atoms with Crippen LogP contribution in [0.15, 0.2) is 40.3 Å². The van der Waals surface area contributed by atoms with Crippen LogP contribution >= 0.6 is 11.8 Å². The minimum atomic E-state index is -0.222. The first-order valence-electron chi connectivity index (χ1n) is 9.80. The molecular formula is C20H28N4O2S. The van der Waals surface area contributed by atoms with Gasteiger partial charge >= 0.3 is 5.69 Å². The molecule has 1 N–H and O–H groups in total. The van der Waals surface area contributed by atoms with E-state index in [4.69, 9.17) is 0 Å². The van der Waals surface area contributed by atoms with E-state index in [-0.39, 0.29) is 11.6 Å². The Balaban J connectivity index is 1.58. The van der Waals surface area contributed by atoms with Crippen molar-refractivity contribution in [3.8, 4) is 0 Å². The van der Waals surface area contributed by atoms with Crippen LogP contribution in [-0.2, 0) is 17.8 Å². The highest BCUT2D eigenvalue weighted by molar-refractivity contribution is 7.99. The van der Waals surface area contributed by atoms with Crippen LogP contribution < -0.4 is 5.69 Å². The molecule has 0 radical (unpaired) electrons. The van der Waals surface area contributed by atoms with Crippen molar-refractivity contribution in [3.05, 3.63) is 46.4 Å². The highest BCUT2D eigenvalue weighted by Gasteiger charge is 2.24. The van der Waals surface area contributed by atoms with E-state index in [2.05, 4.69) is 10.2 Å². The van der Waals surface area contributed by atoms with Gasteiger partial charge in [-0.15, -0.1) is 5.10 Å². The normalized spacial score (nSPS) is 15.0. The monoisotopic (exact) mass is 388 g/mol. The molecule has 1 aromatic heterocycles. The lowest BCUT2D eigenvalue weighted by atomic mass is 9.94. The molecule has 1 amide bonds. The second-order valence-electron chi connectivity index (χ2n) is 6.96. The van der Waals surface area contributed by atoms with Gasteiger partial charge in [0.25, 0.3) is 0 Å². The Kier molecular flexibility index (Phi) is 7.15. The van der Waals surface area contributed by atoms with Gasteiger partial charge in [-0.3, -0.25) is 9.36 Å². The zero-order valence-corrected chi connectivity index (χ0v) is 16.7. The van der Waals surface area contributed by atoms with Gasteiger partial charge in [-0.05, 0) is 31.7 Å². The van der Waals surface area contributed by atoms with Crippen LogP contribution in [0.2, 0.25) is 0 Å². The summed E-state index contributed by atoms with van der Waals surface area (Å²) in [4.78, 5) is 26.8. The number of aryl methyl sites for hydroxylation is 1. The van der Waals surface area contributed by atoms with Gasteiger partial charge in [0.2, 0.25) is 5.91 Å². The predicted octanol–water partition coefficient (Wildman–Crippen LogP) is 3.09. The molecule has 0 unspecified atom stereocenters. The van der Waals surface area contributed by atoms with Gasteiger partial charge in [-0.1, -0.05) is 61.4 Å². The van der Waals surface area contributed by atoms with Gasteiger partial charge < -0.3 is 4.90 Å². The second kappa shape index (κ2) is 9.78. The van der Waals surface area contributed by atoms with Crippen molar-refractivity contribution >= 4 is 17.7 Å². The van der Waals surface area contributed by atoms with E-state index in [1.54, 1.807) is 4.57 Å². The number of carbonyl (C=O) groups is 1. The molecule has 27 heavy (non-hydrogen) atoms. The van der Waals surface area contributed by atoms with Gasteiger partial charge in [-0.25, -0.2) is 9.89 Å². The summed E-state index contributed by atoms with van der Waals surface area (Å²) < 4.78 is 1.63. The third-order valence-corrected chi connectivity index (χ3v) is 6.15. The molecule has 1 saturated carbocycles. The molecular weight excluding hydrogens is 360 g/mol. The van der Waals surface area contributed by atoms with E-state index in [1.165, 1.54) is 36.6 Å². The lowest BCUT2D eigenvalue weighted by Gasteiger charge is -2.33. The Morgan fingerprint density at radius 2 is 2.00 bits per heavy atom. The highest BCUT2D eigenvalue weighted by Crippen LogP contribution is 2.24. The molecule has 0 bridgehead atoms. The summed E-state index contributed by atoms with van der Waals surface area (Å²) in [7, 11) is 0. The average Bonchev–Trinajstić information content (AvgIpc) is 3.06. The second-order valence-corrected chi connectivity index (χ2v) is 7.90. The maximum Gasteiger partial charge on any atom is 0.343 e. The minimum Gasteiger partial charge on any atom is -0.339 e. The number of nitrogens with one attached hydrogen (secondary N) is 1. The highest BCUT2D eigenvalue weighted by atomic mass is 32.2. The first-order valence-corrected chi connectivity index (χ1v) is 10.8. The quantitative estimate of drug-likeness (QED) is 0.706. The van der Waals surface area contributed by atoms with E-state index in [0.717, 1.165) is 25.8 Å². The number of hydrogen-bond acceptors (Lipinski definition) is 4. The number of thioether (sulfide) groups is 1.